The summed E-state index contributed by atoms with van der Waals surface area (Å²) < 4.78 is 1.75. The number of aromatic nitrogens is 2. The van der Waals surface area contributed by atoms with E-state index in [2.05, 4.69) is 10.4 Å². The van der Waals surface area contributed by atoms with E-state index in [-0.39, 0.29) is 11.9 Å². The van der Waals surface area contributed by atoms with E-state index in [0.717, 1.165) is 5.69 Å². The van der Waals surface area contributed by atoms with Gasteiger partial charge in [0.2, 0.25) is 5.91 Å². The molecule has 14 heavy (non-hydrogen) atoms. The van der Waals surface area contributed by atoms with Gasteiger partial charge in [-0.3, -0.25) is 9.48 Å². The predicted octanol–water partition coefficient (Wildman–Crippen LogP) is -0.226. The van der Waals surface area contributed by atoms with E-state index >= 15 is 0 Å². The van der Waals surface area contributed by atoms with Crippen LogP contribution in [-0.2, 0) is 18.4 Å². The molecule has 1 atom stereocenters. The minimum Gasteiger partial charge on any atom is -0.370 e. The van der Waals surface area contributed by atoms with Crippen LogP contribution < -0.4 is 11.1 Å². The zero-order valence-electron chi connectivity index (χ0n) is 8.53. The molecule has 0 spiro atoms. The van der Waals surface area contributed by atoms with Crippen molar-refractivity contribution in [3.63, 3.8) is 0 Å². The first-order valence-electron chi connectivity index (χ1n) is 4.58. The molecule has 0 aromatic carbocycles. The lowest BCUT2D eigenvalue weighted by Crippen LogP contribution is -2.30. The molecule has 0 radical (unpaired) electrons. The normalized spacial score (nSPS) is 12.7. The van der Waals surface area contributed by atoms with Crippen molar-refractivity contribution in [3.05, 3.63) is 18.0 Å². The molecule has 78 valence electrons. The van der Waals surface area contributed by atoms with Gasteiger partial charge in [0, 0.05) is 32.3 Å². The Morgan fingerprint density at radius 2 is 2.50 bits per heavy atom. The largest absolute Gasteiger partial charge is 0.370 e. The number of amides is 1. The summed E-state index contributed by atoms with van der Waals surface area (Å²) in [5.74, 6) is -0.286. The molecule has 1 unspecified atom stereocenters. The number of nitrogens with zero attached hydrogens (tertiary/aromatic N) is 2. The van der Waals surface area contributed by atoms with Crippen LogP contribution in [0.5, 0.6) is 0 Å². The molecule has 0 aliphatic heterocycles. The highest BCUT2D eigenvalue weighted by Crippen LogP contribution is 1.96. The lowest BCUT2D eigenvalue weighted by molar-refractivity contribution is -0.118. The fraction of sp³-hybridized carbons (Fsp3) is 0.556. The van der Waals surface area contributed by atoms with Crippen molar-refractivity contribution in [1.82, 2.24) is 15.1 Å². The molecule has 0 aliphatic rings. The van der Waals surface area contributed by atoms with E-state index in [9.17, 15) is 4.79 Å². The van der Waals surface area contributed by atoms with E-state index in [1.54, 1.807) is 4.68 Å². The maximum atomic E-state index is 10.6. The Labute approximate surface area is 83.3 Å². The Morgan fingerprint density at radius 3 is 3.00 bits per heavy atom. The van der Waals surface area contributed by atoms with E-state index in [4.69, 9.17) is 5.73 Å². The van der Waals surface area contributed by atoms with Gasteiger partial charge in [-0.25, -0.2) is 0 Å². The average molecular weight is 196 g/mol. The van der Waals surface area contributed by atoms with Crippen molar-refractivity contribution >= 4 is 5.91 Å². The number of carbonyl (C=O) groups excluding carboxylic acids is 1. The summed E-state index contributed by atoms with van der Waals surface area (Å²) in [5, 5.41) is 7.37. The van der Waals surface area contributed by atoms with Gasteiger partial charge < -0.3 is 11.1 Å². The smallest absolute Gasteiger partial charge is 0.218 e. The number of primary amides is 1. The van der Waals surface area contributed by atoms with Crippen molar-refractivity contribution in [3.8, 4) is 0 Å². The third-order valence-corrected chi connectivity index (χ3v) is 1.91. The van der Waals surface area contributed by atoms with Crippen LogP contribution in [0.1, 0.15) is 19.0 Å². The van der Waals surface area contributed by atoms with Crippen molar-refractivity contribution in [2.45, 2.75) is 25.9 Å². The van der Waals surface area contributed by atoms with Crippen molar-refractivity contribution < 1.29 is 4.79 Å². The van der Waals surface area contributed by atoms with E-state index in [0.29, 0.717) is 13.0 Å². The number of rotatable bonds is 5. The van der Waals surface area contributed by atoms with Gasteiger partial charge in [-0.05, 0) is 13.0 Å². The maximum absolute atomic E-state index is 10.6. The van der Waals surface area contributed by atoms with Gasteiger partial charge in [0.25, 0.3) is 0 Å². The topological polar surface area (TPSA) is 72.9 Å². The first kappa shape index (κ1) is 10.7. The monoisotopic (exact) mass is 196 g/mol. The zero-order chi connectivity index (χ0) is 10.6. The van der Waals surface area contributed by atoms with Crippen LogP contribution in [0.2, 0.25) is 0 Å². The highest BCUT2D eigenvalue weighted by molar-refractivity contribution is 5.74. The van der Waals surface area contributed by atoms with Crippen LogP contribution in [-0.4, -0.2) is 21.7 Å². The lowest BCUT2D eigenvalue weighted by Gasteiger charge is -2.09. The standard InChI is InChI=1S/C9H16N4O/c1-7(5-9(10)14)11-6-8-3-4-13(2)12-8/h3-4,7,11H,5-6H2,1-2H3,(H2,10,14). The van der Waals surface area contributed by atoms with Crippen molar-refractivity contribution in [2.75, 3.05) is 0 Å². The second-order valence-corrected chi connectivity index (χ2v) is 3.43. The quantitative estimate of drug-likeness (QED) is 0.683. The molecule has 5 nitrogen and oxygen atoms in total. The van der Waals surface area contributed by atoms with Gasteiger partial charge in [-0.1, -0.05) is 0 Å². The molecule has 3 N–H and O–H groups in total. The SMILES string of the molecule is CC(CC(N)=O)NCc1ccn(C)n1. The maximum Gasteiger partial charge on any atom is 0.218 e. The fourth-order valence-corrected chi connectivity index (χ4v) is 1.21. The van der Waals surface area contributed by atoms with E-state index < -0.39 is 0 Å². The average Bonchev–Trinajstić information content (AvgIpc) is 2.47. The summed E-state index contributed by atoms with van der Waals surface area (Å²) in [7, 11) is 1.87. The molecule has 1 aromatic rings. The van der Waals surface area contributed by atoms with Crippen LogP contribution in [0.15, 0.2) is 12.3 Å². The summed E-state index contributed by atoms with van der Waals surface area (Å²) >= 11 is 0. The minimum absolute atomic E-state index is 0.0921. The Bertz CT molecular complexity index is 308. The second-order valence-electron chi connectivity index (χ2n) is 3.43. The van der Waals surface area contributed by atoms with Gasteiger partial charge in [0.1, 0.15) is 0 Å². The molecular weight excluding hydrogens is 180 g/mol. The summed E-state index contributed by atoms with van der Waals surface area (Å²) in [5.41, 5.74) is 6.03. The zero-order valence-corrected chi connectivity index (χ0v) is 8.53. The lowest BCUT2D eigenvalue weighted by atomic mass is 10.2. The van der Waals surface area contributed by atoms with E-state index in [1.165, 1.54) is 0 Å². The minimum atomic E-state index is -0.286. The molecule has 0 saturated heterocycles. The highest BCUT2D eigenvalue weighted by atomic mass is 16.1. The first-order chi connectivity index (χ1) is 6.58. The number of hydrogen-bond donors (Lipinski definition) is 2. The van der Waals surface area contributed by atoms with Gasteiger partial charge in [0.05, 0.1) is 5.69 Å². The van der Waals surface area contributed by atoms with Crippen LogP contribution in [0.3, 0.4) is 0 Å². The molecule has 0 bridgehead atoms. The fourth-order valence-electron chi connectivity index (χ4n) is 1.21. The molecule has 0 saturated carbocycles. The van der Waals surface area contributed by atoms with E-state index in [1.807, 2.05) is 26.2 Å². The third kappa shape index (κ3) is 3.57. The number of aryl methyl sites for hydroxylation is 1. The Kier molecular flexibility index (Phi) is 3.64. The second kappa shape index (κ2) is 4.76. The first-order valence-corrected chi connectivity index (χ1v) is 4.58. The van der Waals surface area contributed by atoms with Gasteiger partial charge in [-0.2, -0.15) is 5.10 Å². The molecule has 1 amide bonds. The number of nitrogens with two attached hydrogens (primary N) is 1. The molecule has 1 rings (SSSR count). The molecule has 1 aromatic heterocycles. The Morgan fingerprint density at radius 1 is 1.79 bits per heavy atom. The molecular formula is C9H16N4O. The van der Waals surface area contributed by atoms with Crippen molar-refractivity contribution in [1.29, 1.82) is 0 Å². The summed E-state index contributed by atoms with van der Waals surface area (Å²) in [6.45, 7) is 2.59. The van der Waals surface area contributed by atoms with Gasteiger partial charge >= 0.3 is 0 Å². The molecule has 5 heteroatoms. The number of hydrogen-bond acceptors (Lipinski definition) is 3. The Hall–Kier alpha value is -1.36. The third-order valence-electron chi connectivity index (χ3n) is 1.91. The van der Waals surface area contributed by atoms with Crippen LogP contribution in [0.4, 0.5) is 0 Å². The number of nitrogens with one attached hydrogen (secondary N) is 1. The summed E-state index contributed by atoms with van der Waals surface area (Å²) in [6.07, 6.45) is 2.24. The van der Waals surface area contributed by atoms with Crippen molar-refractivity contribution in [2.24, 2.45) is 12.8 Å². The predicted molar refractivity (Wildman–Crippen MR) is 53.3 cm³/mol. The van der Waals surface area contributed by atoms with Crippen LogP contribution >= 0.6 is 0 Å². The highest BCUT2D eigenvalue weighted by Gasteiger charge is 2.05. The molecule has 1 heterocycles. The Balaban J connectivity index is 2.30. The summed E-state index contributed by atoms with van der Waals surface area (Å²) in [4.78, 5) is 10.6. The molecule has 0 fully saturated rings. The van der Waals surface area contributed by atoms with Gasteiger partial charge in [-0.15, -0.1) is 0 Å². The van der Waals surface area contributed by atoms with Crippen LogP contribution in [0, 0.1) is 0 Å². The van der Waals surface area contributed by atoms with Crippen LogP contribution in [0.25, 0.3) is 0 Å². The summed E-state index contributed by atoms with van der Waals surface area (Å²) in [6, 6.07) is 2.03. The van der Waals surface area contributed by atoms with Gasteiger partial charge in [0.15, 0.2) is 0 Å². The number of carbonyl (C=O) groups is 1. The molecule has 0 aliphatic carbocycles.